The Kier molecular flexibility index (Phi) is 5.57. The first-order valence-corrected chi connectivity index (χ1v) is 3.31. The minimum Gasteiger partial charge on any atom is -0.724 e. The summed E-state index contributed by atoms with van der Waals surface area (Å²) in [6, 6.07) is 0. The summed E-state index contributed by atoms with van der Waals surface area (Å²) in [6.45, 7) is 1.57. The molecule has 0 aromatic rings. The van der Waals surface area contributed by atoms with E-state index >= 15 is 0 Å². The molecule has 0 spiro atoms. The Morgan fingerprint density at radius 1 is 1.55 bits per heavy atom. The van der Waals surface area contributed by atoms with Gasteiger partial charge in [-0.3, -0.25) is 5.28 Å². The van der Waals surface area contributed by atoms with E-state index in [0.717, 1.165) is 0 Å². The number of nitrogens with zero attached hydrogens (tertiary/aromatic N) is 3. The second-order valence-corrected chi connectivity index (χ2v) is 1.93. The van der Waals surface area contributed by atoms with Crippen LogP contribution in [0.1, 0.15) is 0 Å². The Balaban J connectivity index is 3.75. The van der Waals surface area contributed by atoms with Crippen LogP contribution in [0.15, 0.2) is 5.29 Å². The van der Waals surface area contributed by atoms with Crippen molar-refractivity contribution < 1.29 is 5.73 Å². The van der Waals surface area contributed by atoms with Gasteiger partial charge in [-0.1, -0.05) is 0 Å². The third-order valence-electron chi connectivity index (χ3n) is 1.12. The van der Waals surface area contributed by atoms with E-state index in [-0.39, 0.29) is 5.28 Å². The van der Waals surface area contributed by atoms with Crippen LogP contribution in [0.4, 0.5) is 0 Å². The maximum Gasteiger partial charge on any atom is 0.0888 e. The van der Waals surface area contributed by atoms with Gasteiger partial charge >= 0.3 is 0 Å². The zero-order valence-corrected chi connectivity index (χ0v) is 6.27. The molecule has 0 rings (SSSR count). The van der Waals surface area contributed by atoms with Crippen molar-refractivity contribution in [2.24, 2.45) is 11.0 Å². The number of nitrogens with two attached hydrogens (primary N) is 1. The summed E-state index contributed by atoms with van der Waals surface area (Å²) in [5.74, 6) is 0. The van der Waals surface area contributed by atoms with Crippen LogP contribution < -0.4 is 11.5 Å². The zero-order chi connectivity index (χ0) is 8.69. The molecule has 7 heteroatoms. The summed E-state index contributed by atoms with van der Waals surface area (Å²) >= 11 is 0. The first kappa shape index (κ1) is 10.2. The molecule has 11 heavy (non-hydrogen) atoms. The molecule has 0 heterocycles. The molecular weight excluding hydrogens is 150 g/mol. The summed E-state index contributed by atoms with van der Waals surface area (Å²) in [6.07, 6.45) is 0. The molecule has 0 fully saturated rings. The van der Waals surface area contributed by atoms with Crippen LogP contribution in [-0.2, 0) is 0 Å². The molecule has 0 aliphatic carbocycles. The minimum atomic E-state index is -0.00194. The molecule has 0 saturated carbocycles. The molecule has 0 unspecified atom stereocenters. The first-order valence-electron chi connectivity index (χ1n) is 3.31. The molecule has 5 N–H and O–H groups in total. The topological polar surface area (TPSA) is 113 Å². The fraction of sp³-hybridized carbons (Fsp3) is 1.00. The molecule has 0 atom stereocenters. The molecule has 0 aromatic carbocycles. The van der Waals surface area contributed by atoms with E-state index in [9.17, 15) is 10.1 Å². The highest BCUT2D eigenvalue weighted by Gasteiger charge is 2.04. The van der Waals surface area contributed by atoms with Gasteiger partial charge in [0.1, 0.15) is 0 Å². The fourth-order valence-corrected chi connectivity index (χ4v) is 0.666. The lowest BCUT2D eigenvalue weighted by atomic mass is 10.5. The number of hydrazine groups is 1. The minimum absolute atomic E-state index is 0.00194. The van der Waals surface area contributed by atoms with Gasteiger partial charge in [-0.2, -0.15) is 0 Å². The first-order chi connectivity index (χ1) is 5.26. The normalized spacial score (nSPS) is 10.2. The number of hydrogen-bond donors (Lipinski definition) is 2. The molecule has 0 aliphatic heterocycles. The second-order valence-electron chi connectivity index (χ2n) is 1.93. The second kappa shape index (κ2) is 5.98. The molecule has 0 aliphatic rings. The number of rotatable bonds is 6. The predicted octanol–water partition coefficient (Wildman–Crippen LogP) is -2.11. The summed E-state index contributed by atoms with van der Waals surface area (Å²) < 4.78 is 0. The largest absolute Gasteiger partial charge is 0.724 e. The Morgan fingerprint density at radius 3 is 2.55 bits per heavy atom. The maximum absolute atomic E-state index is 10.6. The molecule has 0 aromatic heterocycles. The Labute approximate surface area is 64.4 Å². The van der Waals surface area contributed by atoms with Gasteiger partial charge in [0, 0.05) is 13.1 Å². The quantitative estimate of drug-likeness (QED) is 0.343. The summed E-state index contributed by atoms with van der Waals surface area (Å²) in [5.41, 5.74) is 8.71. The molecular formula is C4H13N5O2. The van der Waals surface area contributed by atoms with Crippen molar-refractivity contribution in [3.8, 4) is 0 Å². The zero-order valence-electron chi connectivity index (χ0n) is 6.27. The van der Waals surface area contributed by atoms with E-state index in [2.05, 4.69) is 11.0 Å². The number of nitroso groups, excluding NO2 is 1. The van der Waals surface area contributed by atoms with E-state index in [0.29, 0.717) is 26.2 Å². The van der Waals surface area contributed by atoms with Crippen molar-refractivity contribution in [1.82, 2.24) is 10.3 Å². The van der Waals surface area contributed by atoms with Crippen LogP contribution in [-0.4, -0.2) is 36.5 Å². The summed E-state index contributed by atoms with van der Waals surface area (Å²) in [4.78, 5) is 9.76. The lowest BCUT2D eigenvalue weighted by Crippen LogP contribution is -2.56. The van der Waals surface area contributed by atoms with Crippen LogP contribution >= 0.6 is 0 Å². The Bertz CT molecular complexity index is 105. The Hall–Kier alpha value is -0.760. The van der Waals surface area contributed by atoms with E-state index in [1.54, 1.807) is 0 Å². The predicted molar refractivity (Wildman–Crippen MR) is 39.4 cm³/mol. The van der Waals surface area contributed by atoms with Crippen molar-refractivity contribution in [3.63, 3.8) is 0 Å². The van der Waals surface area contributed by atoms with Gasteiger partial charge < -0.3 is 16.7 Å². The fourth-order valence-electron chi connectivity index (χ4n) is 0.666. The van der Waals surface area contributed by atoms with Crippen LogP contribution in [0.2, 0.25) is 0 Å². The molecule has 66 valence electrons. The highest BCUT2D eigenvalue weighted by atomic mass is 16.6. The van der Waals surface area contributed by atoms with E-state index < -0.39 is 0 Å². The number of quaternary nitrogens is 1. The van der Waals surface area contributed by atoms with Gasteiger partial charge in [0.15, 0.2) is 0 Å². The van der Waals surface area contributed by atoms with E-state index in [4.69, 9.17) is 5.73 Å². The van der Waals surface area contributed by atoms with Gasteiger partial charge in [0.05, 0.1) is 18.4 Å². The van der Waals surface area contributed by atoms with Crippen molar-refractivity contribution in [1.29, 1.82) is 0 Å². The van der Waals surface area contributed by atoms with Crippen molar-refractivity contribution >= 4 is 0 Å². The van der Waals surface area contributed by atoms with Gasteiger partial charge in [-0.15, -0.1) is 4.91 Å². The molecule has 0 saturated heterocycles. The van der Waals surface area contributed by atoms with Crippen molar-refractivity contribution in [2.75, 3.05) is 26.2 Å². The maximum atomic E-state index is 10.6. The average molecular weight is 163 g/mol. The lowest BCUT2D eigenvalue weighted by molar-refractivity contribution is -0.372. The Morgan fingerprint density at radius 2 is 2.18 bits per heavy atom. The standard InChI is InChI=1S/C4H12N5O2/c5-1-3-8(4-2-6)9(11)7-10/h1-6H2/q-1/p+1. The average Bonchev–Trinajstić information content (AvgIpc) is 2.03. The van der Waals surface area contributed by atoms with Crippen molar-refractivity contribution in [2.45, 2.75) is 0 Å². The van der Waals surface area contributed by atoms with E-state index in [1.807, 2.05) is 0 Å². The monoisotopic (exact) mass is 163 g/mol. The molecule has 0 bridgehead atoms. The van der Waals surface area contributed by atoms with Crippen LogP contribution in [0.3, 0.4) is 0 Å². The van der Waals surface area contributed by atoms with Crippen molar-refractivity contribution in [3.05, 3.63) is 10.1 Å². The lowest BCUT2D eigenvalue weighted by Gasteiger charge is -2.32. The SMILES string of the molecule is NCCN(CC[NH3+])N([O-])N=O. The number of hydrogen-bond acceptors (Lipinski definition) is 5. The van der Waals surface area contributed by atoms with E-state index in [1.165, 1.54) is 5.01 Å². The van der Waals surface area contributed by atoms with Gasteiger partial charge in [0.2, 0.25) is 0 Å². The molecule has 0 radical (unpaired) electrons. The van der Waals surface area contributed by atoms with Gasteiger partial charge in [0.25, 0.3) is 0 Å². The highest BCUT2D eigenvalue weighted by Crippen LogP contribution is 1.93. The highest BCUT2D eigenvalue weighted by molar-refractivity contribution is 4.53. The molecule has 0 amide bonds. The molecule has 7 nitrogen and oxygen atoms in total. The smallest absolute Gasteiger partial charge is 0.0888 e. The third-order valence-corrected chi connectivity index (χ3v) is 1.12. The third kappa shape index (κ3) is 3.83. The van der Waals surface area contributed by atoms with Gasteiger partial charge in [-0.05, 0) is 0 Å². The summed E-state index contributed by atoms with van der Waals surface area (Å²) in [7, 11) is 0. The van der Waals surface area contributed by atoms with Crippen LogP contribution in [0, 0.1) is 10.1 Å². The van der Waals surface area contributed by atoms with Crippen LogP contribution in [0.5, 0.6) is 0 Å². The summed E-state index contributed by atoms with van der Waals surface area (Å²) in [5, 5.41) is 14.0. The van der Waals surface area contributed by atoms with Gasteiger partial charge in [-0.25, -0.2) is 5.01 Å². The van der Waals surface area contributed by atoms with Crippen LogP contribution in [0.25, 0.3) is 0 Å².